The number of aromatic nitrogens is 3. The van der Waals surface area contributed by atoms with Gasteiger partial charge in [-0.2, -0.15) is 5.10 Å². The van der Waals surface area contributed by atoms with Crippen LogP contribution in [0.15, 0.2) is 43.0 Å². The van der Waals surface area contributed by atoms with Crippen LogP contribution < -0.4 is 14.8 Å². The molecule has 166 valence electrons. The molecule has 1 atom stereocenters. The quantitative estimate of drug-likeness (QED) is 0.649. The molecule has 2 aliphatic heterocycles. The van der Waals surface area contributed by atoms with Gasteiger partial charge in [0, 0.05) is 24.0 Å². The number of anilines is 1. The Morgan fingerprint density at radius 2 is 2.03 bits per heavy atom. The number of halogens is 1. The Kier molecular flexibility index (Phi) is 5.71. The second kappa shape index (κ2) is 8.80. The maximum absolute atomic E-state index is 13.0. The Morgan fingerprint density at radius 3 is 2.81 bits per heavy atom. The maximum Gasteiger partial charge on any atom is 0.238 e. The summed E-state index contributed by atoms with van der Waals surface area (Å²) in [6.07, 6.45) is 4.76. The third kappa shape index (κ3) is 4.16. The first-order valence-corrected chi connectivity index (χ1v) is 11.1. The fourth-order valence-electron chi connectivity index (χ4n) is 4.26. The van der Waals surface area contributed by atoms with Crippen molar-refractivity contribution in [2.45, 2.75) is 25.8 Å². The second-order valence-corrected chi connectivity index (χ2v) is 8.43. The number of hydrogen-bond donors (Lipinski definition) is 1. The first kappa shape index (κ1) is 20.8. The molecule has 0 fully saturated rings. The minimum Gasteiger partial charge on any atom is -0.490 e. The molecule has 2 aromatic carbocycles. The molecule has 5 rings (SSSR count). The second-order valence-electron chi connectivity index (χ2n) is 7.99. The molecule has 0 spiro atoms. The van der Waals surface area contributed by atoms with Crippen LogP contribution in [0.3, 0.4) is 0 Å². The van der Waals surface area contributed by atoms with Gasteiger partial charge in [-0.25, -0.2) is 9.67 Å². The van der Waals surface area contributed by atoms with Crippen molar-refractivity contribution in [3.8, 4) is 17.2 Å². The minimum absolute atomic E-state index is 0.0794. The van der Waals surface area contributed by atoms with E-state index in [1.54, 1.807) is 29.2 Å². The molecule has 32 heavy (non-hydrogen) atoms. The van der Waals surface area contributed by atoms with Gasteiger partial charge >= 0.3 is 0 Å². The normalized spacial score (nSPS) is 18.0. The summed E-state index contributed by atoms with van der Waals surface area (Å²) >= 11 is 6.17. The van der Waals surface area contributed by atoms with Gasteiger partial charge in [0.1, 0.15) is 12.7 Å². The van der Waals surface area contributed by atoms with Gasteiger partial charge in [0.15, 0.2) is 11.5 Å². The van der Waals surface area contributed by atoms with Gasteiger partial charge < -0.3 is 14.8 Å². The fourth-order valence-corrected chi connectivity index (χ4v) is 4.43. The van der Waals surface area contributed by atoms with E-state index in [1.165, 1.54) is 17.5 Å². The lowest BCUT2D eigenvalue weighted by atomic mass is 9.93. The van der Waals surface area contributed by atoms with E-state index >= 15 is 0 Å². The standard InChI is InChI=1S/C23H24ClN5O3/c1-15-18-11-22-21(31-7-2-8-32-22)9-16(18)5-6-28(15)12-23(30)27-19-10-17(24)3-4-20(19)29-14-25-13-26-29/h3-4,9-11,13-15H,2,5-8,12H2,1H3,(H,27,30)/t15-/m1/s1. The van der Waals surface area contributed by atoms with E-state index in [0.717, 1.165) is 30.9 Å². The topological polar surface area (TPSA) is 81.5 Å². The Bertz CT molecular complexity index is 1130. The summed E-state index contributed by atoms with van der Waals surface area (Å²) < 4.78 is 13.3. The molecule has 0 saturated heterocycles. The molecule has 1 N–H and O–H groups in total. The zero-order chi connectivity index (χ0) is 22.1. The number of carbonyl (C=O) groups is 1. The maximum atomic E-state index is 13.0. The molecule has 3 aromatic rings. The highest BCUT2D eigenvalue weighted by Gasteiger charge is 2.28. The van der Waals surface area contributed by atoms with Crippen molar-refractivity contribution in [3.05, 3.63) is 59.1 Å². The minimum atomic E-state index is -0.113. The molecule has 3 heterocycles. The van der Waals surface area contributed by atoms with Crippen LogP contribution in [0.2, 0.25) is 5.02 Å². The van der Waals surface area contributed by atoms with Crippen LogP contribution in [0, 0.1) is 0 Å². The van der Waals surface area contributed by atoms with Crippen molar-refractivity contribution in [3.63, 3.8) is 0 Å². The van der Waals surface area contributed by atoms with Crippen LogP contribution in [0.4, 0.5) is 5.69 Å². The molecule has 1 aromatic heterocycles. The van der Waals surface area contributed by atoms with Crippen LogP contribution in [-0.2, 0) is 11.2 Å². The molecule has 9 heteroatoms. The predicted octanol–water partition coefficient (Wildman–Crippen LogP) is 3.64. The van der Waals surface area contributed by atoms with Crippen molar-refractivity contribution in [2.75, 3.05) is 31.6 Å². The molecule has 0 saturated carbocycles. The Labute approximate surface area is 191 Å². The lowest BCUT2D eigenvalue weighted by Gasteiger charge is -2.35. The van der Waals surface area contributed by atoms with E-state index in [2.05, 4.69) is 39.4 Å². The van der Waals surface area contributed by atoms with Crippen LogP contribution in [0.25, 0.3) is 5.69 Å². The molecule has 2 aliphatic rings. The first-order chi connectivity index (χ1) is 15.6. The summed E-state index contributed by atoms with van der Waals surface area (Å²) in [7, 11) is 0. The summed E-state index contributed by atoms with van der Waals surface area (Å²) in [5, 5.41) is 7.68. The molecular weight excluding hydrogens is 430 g/mol. The summed E-state index contributed by atoms with van der Waals surface area (Å²) in [6, 6.07) is 9.53. The average molecular weight is 454 g/mol. The van der Waals surface area contributed by atoms with E-state index in [9.17, 15) is 4.79 Å². The zero-order valence-electron chi connectivity index (χ0n) is 17.8. The third-order valence-corrected chi connectivity index (χ3v) is 6.16. The smallest absolute Gasteiger partial charge is 0.238 e. The summed E-state index contributed by atoms with van der Waals surface area (Å²) in [5.74, 6) is 1.50. The summed E-state index contributed by atoms with van der Waals surface area (Å²) in [5.41, 5.74) is 3.73. The Morgan fingerprint density at radius 1 is 1.22 bits per heavy atom. The summed E-state index contributed by atoms with van der Waals surface area (Å²) in [4.78, 5) is 19.1. The number of carbonyl (C=O) groups excluding carboxylic acids is 1. The van der Waals surface area contributed by atoms with Gasteiger partial charge in [-0.15, -0.1) is 0 Å². The van der Waals surface area contributed by atoms with Gasteiger partial charge in [0.2, 0.25) is 5.91 Å². The van der Waals surface area contributed by atoms with Crippen molar-refractivity contribution in [1.82, 2.24) is 19.7 Å². The average Bonchev–Trinajstić information content (AvgIpc) is 3.21. The SMILES string of the molecule is C[C@@H]1c2cc3c(cc2CCN1CC(=O)Nc1cc(Cl)ccc1-n1cncn1)OCCCO3. The number of benzene rings is 2. The van der Waals surface area contributed by atoms with E-state index in [0.29, 0.717) is 29.6 Å². The van der Waals surface area contributed by atoms with E-state index in [4.69, 9.17) is 21.1 Å². The van der Waals surface area contributed by atoms with Gasteiger partial charge in [0.25, 0.3) is 0 Å². The van der Waals surface area contributed by atoms with Crippen molar-refractivity contribution < 1.29 is 14.3 Å². The fraction of sp³-hybridized carbons (Fsp3) is 0.348. The lowest BCUT2D eigenvalue weighted by molar-refractivity contribution is -0.117. The first-order valence-electron chi connectivity index (χ1n) is 10.7. The van der Waals surface area contributed by atoms with Gasteiger partial charge in [0.05, 0.1) is 31.1 Å². The number of amides is 1. The highest BCUT2D eigenvalue weighted by molar-refractivity contribution is 6.31. The van der Waals surface area contributed by atoms with Crippen LogP contribution in [0.5, 0.6) is 11.5 Å². The Balaban J connectivity index is 1.32. The van der Waals surface area contributed by atoms with Gasteiger partial charge in [-0.3, -0.25) is 9.69 Å². The van der Waals surface area contributed by atoms with E-state index in [-0.39, 0.29) is 18.5 Å². The number of rotatable bonds is 4. The molecule has 8 nitrogen and oxygen atoms in total. The van der Waals surface area contributed by atoms with Crippen LogP contribution >= 0.6 is 11.6 Å². The van der Waals surface area contributed by atoms with Gasteiger partial charge in [-0.1, -0.05) is 11.6 Å². The molecule has 0 bridgehead atoms. The number of hydrogen-bond acceptors (Lipinski definition) is 6. The number of nitrogens with one attached hydrogen (secondary N) is 1. The molecule has 0 unspecified atom stereocenters. The highest BCUT2D eigenvalue weighted by atomic mass is 35.5. The van der Waals surface area contributed by atoms with Crippen LogP contribution in [-0.4, -0.2) is 51.9 Å². The largest absolute Gasteiger partial charge is 0.490 e. The number of fused-ring (bicyclic) bond motifs is 2. The molecule has 0 radical (unpaired) electrons. The predicted molar refractivity (Wildman–Crippen MR) is 121 cm³/mol. The lowest BCUT2D eigenvalue weighted by Crippen LogP contribution is -2.39. The van der Waals surface area contributed by atoms with Crippen molar-refractivity contribution >= 4 is 23.2 Å². The van der Waals surface area contributed by atoms with Gasteiger partial charge in [-0.05, 0) is 54.8 Å². The molecule has 1 amide bonds. The van der Waals surface area contributed by atoms with Crippen molar-refractivity contribution in [2.24, 2.45) is 0 Å². The molecule has 0 aliphatic carbocycles. The number of ether oxygens (including phenoxy) is 2. The Hall–Kier alpha value is -3.10. The summed E-state index contributed by atoms with van der Waals surface area (Å²) in [6.45, 7) is 4.49. The van der Waals surface area contributed by atoms with Crippen molar-refractivity contribution in [1.29, 1.82) is 0 Å². The third-order valence-electron chi connectivity index (χ3n) is 5.92. The van der Waals surface area contributed by atoms with E-state index in [1.807, 2.05) is 0 Å². The highest BCUT2D eigenvalue weighted by Crippen LogP contribution is 2.39. The monoisotopic (exact) mass is 453 g/mol. The van der Waals surface area contributed by atoms with Crippen LogP contribution in [0.1, 0.15) is 30.5 Å². The van der Waals surface area contributed by atoms with E-state index < -0.39 is 0 Å². The molecular formula is C23H24ClN5O3. The zero-order valence-corrected chi connectivity index (χ0v) is 18.5. The number of nitrogens with zero attached hydrogens (tertiary/aromatic N) is 4.